The molecule has 3 aliphatic carbocycles. The molecule has 2 amide bonds. The molecule has 1 heterocycles. The van der Waals surface area contributed by atoms with E-state index in [-0.39, 0.29) is 0 Å². The quantitative estimate of drug-likeness (QED) is 0.170. The maximum absolute atomic E-state index is 13.8. The largest absolute Gasteiger partial charge is 0.456 e. The lowest BCUT2D eigenvalue weighted by atomic mass is 9.54. The molecule has 2 bridgehead atoms. The summed E-state index contributed by atoms with van der Waals surface area (Å²) in [5.41, 5.74) is 3.97. The van der Waals surface area contributed by atoms with Gasteiger partial charge in [0.15, 0.2) is 12.4 Å². The molecule has 9 heteroatoms. The van der Waals surface area contributed by atoms with Crippen LogP contribution in [0.2, 0.25) is 5.02 Å². The number of halogens is 3. The minimum Gasteiger partial charge on any atom is -0.456 e. The van der Waals surface area contributed by atoms with Crippen LogP contribution in [0.25, 0.3) is 0 Å². The highest BCUT2D eigenvalue weighted by molar-refractivity contribution is 9.10. The van der Waals surface area contributed by atoms with E-state index in [9.17, 15) is 19.2 Å². The number of Topliss-reactive ketones (excluding diaryl/α,β-unsaturated/α-hetero) is 1. The predicted molar refractivity (Wildman–Crippen MR) is 143 cm³/mol. The second kappa shape index (κ2) is 8.61. The van der Waals surface area contributed by atoms with E-state index in [0.717, 1.165) is 27.2 Å². The van der Waals surface area contributed by atoms with E-state index in [1.807, 2.05) is 48.5 Å². The second-order valence-electron chi connectivity index (χ2n) is 9.32. The van der Waals surface area contributed by atoms with Gasteiger partial charge in [-0.05, 0) is 46.5 Å². The highest BCUT2D eigenvalue weighted by Gasteiger charge is 2.72. The van der Waals surface area contributed by atoms with Gasteiger partial charge in [-0.15, -0.1) is 0 Å². The van der Waals surface area contributed by atoms with Crippen molar-refractivity contribution in [1.29, 1.82) is 0 Å². The molecule has 7 rings (SSSR count). The van der Waals surface area contributed by atoms with Crippen LogP contribution in [0.4, 0.5) is 0 Å². The average Bonchev–Trinajstić information content (AvgIpc) is 3.16. The van der Waals surface area contributed by atoms with Crippen molar-refractivity contribution in [2.45, 2.75) is 8.65 Å². The number of esters is 1. The first kappa shape index (κ1) is 24.5. The fourth-order valence-electron chi connectivity index (χ4n) is 5.92. The highest BCUT2D eigenvalue weighted by atomic mass is 79.9. The fraction of sp³-hybridized carbons (Fsp3) is 0.214. The number of benzene rings is 3. The van der Waals surface area contributed by atoms with Crippen LogP contribution in [-0.4, -0.2) is 41.6 Å². The van der Waals surface area contributed by atoms with E-state index in [0.29, 0.717) is 10.6 Å². The zero-order chi connectivity index (χ0) is 26.1. The highest BCUT2D eigenvalue weighted by Crippen LogP contribution is 2.70. The van der Waals surface area contributed by atoms with Gasteiger partial charge in [0.1, 0.15) is 6.54 Å². The summed E-state index contributed by atoms with van der Waals surface area (Å²) >= 11 is 13.7. The molecule has 2 atom stereocenters. The number of hydrogen-bond acceptors (Lipinski definition) is 5. The molecule has 37 heavy (non-hydrogen) atoms. The molecule has 0 spiro atoms. The number of nitrogens with zero attached hydrogens (tertiary/aromatic N) is 1. The molecule has 6 nitrogen and oxygen atoms in total. The number of ether oxygens (including phenoxy) is 1. The number of amides is 2. The van der Waals surface area contributed by atoms with Crippen LogP contribution in [0.15, 0.2) is 72.8 Å². The van der Waals surface area contributed by atoms with Gasteiger partial charge in [-0.3, -0.25) is 24.1 Å². The Bertz CT molecular complexity index is 1380. The van der Waals surface area contributed by atoms with Crippen LogP contribution >= 0.6 is 43.5 Å². The van der Waals surface area contributed by atoms with Crippen molar-refractivity contribution < 1.29 is 23.9 Å². The van der Waals surface area contributed by atoms with Gasteiger partial charge in [-0.1, -0.05) is 92.0 Å². The van der Waals surface area contributed by atoms with E-state index in [4.69, 9.17) is 16.3 Å². The maximum Gasteiger partial charge on any atom is 0.326 e. The normalized spacial score (nSPS) is 26.9. The Labute approximate surface area is 234 Å². The molecule has 0 radical (unpaired) electrons. The van der Waals surface area contributed by atoms with Crippen LogP contribution < -0.4 is 0 Å². The number of hydrogen-bond donors (Lipinski definition) is 0. The zero-order valence-corrected chi connectivity index (χ0v) is 23.0. The zero-order valence-electron chi connectivity index (χ0n) is 19.1. The fourth-order valence-corrected chi connectivity index (χ4v) is 8.35. The van der Waals surface area contributed by atoms with E-state index >= 15 is 0 Å². The molecular formula is C28H18Br2ClNO5. The van der Waals surface area contributed by atoms with E-state index in [1.54, 1.807) is 12.1 Å². The average molecular weight is 644 g/mol. The third kappa shape index (κ3) is 3.35. The van der Waals surface area contributed by atoms with Crippen LogP contribution in [0, 0.1) is 11.8 Å². The lowest BCUT2D eigenvalue weighted by molar-refractivity contribution is -0.152. The molecule has 1 saturated heterocycles. The Morgan fingerprint density at radius 1 is 0.784 bits per heavy atom. The van der Waals surface area contributed by atoms with Crippen molar-refractivity contribution in [3.05, 3.63) is 106 Å². The minimum absolute atomic E-state index is 0.339. The molecule has 0 aromatic heterocycles. The molecule has 1 aliphatic heterocycles. The molecule has 0 saturated carbocycles. The Morgan fingerprint density at radius 3 is 1.65 bits per heavy atom. The first-order valence-corrected chi connectivity index (χ1v) is 13.5. The van der Waals surface area contributed by atoms with Crippen molar-refractivity contribution >= 4 is 67.0 Å². The molecule has 0 unspecified atom stereocenters. The Balaban J connectivity index is 1.30. The van der Waals surface area contributed by atoms with Gasteiger partial charge >= 0.3 is 5.97 Å². The second-order valence-corrected chi connectivity index (χ2v) is 12.3. The van der Waals surface area contributed by atoms with Crippen LogP contribution in [0.3, 0.4) is 0 Å². The summed E-state index contributed by atoms with van der Waals surface area (Å²) in [4.78, 5) is 53.6. The van der Waals surface area contributed by atoms with Crippen molar-refractivity contribution in [2.24, 2.45) is 11.8 Å². The van der Waals surface area contributed by atoms with Gasteiger partial charge in [-0.2, -0.15) is 0 Å². The Hall–Kier alpha value is -2.81. The molecule has 1 fully saturated rings. The third-order valence-electron chi connectivity index (χ3n) is 7.49. The number of imide groups is 1. The summed E-state index contributed by atoms with van der Waals surface area (Å²) < 4.78 is 3.28. The molecule has 0 N–H and O–H groups in total. The van der Waals surface area contributed by atoms with Crippen LogP contribution in [0.5, 0.6) is 0 Å². The lowest BCUT2D eigenvalue weighted by Crippen LogP contribution is -2.56. The summed E-state index contributed by atoms with van der Waals surface area (Å²) in [6.07, 6.45) is 0. The van der Waals surface area contributed by atoms with Gasteiger partial charge in [0.25, 0.3) is 0 Å². The smallest absolute Gasteiger partial charge is 0.326 e. The standard InChI is InChI=1S/C28H18Br2ClNO5/c29-27-17-5-1-2-6-18(17)28(30,20-8-4-3-7-19(20)27)24-23(27)25(35)32(26(24)36)13-22(34)37-14-21(33)15-9-11-16(31)12-10-15/h1-12,23-24H,13-14H2/t23-,24+,27?,28?. The topological polar surface area (TPSA) is 80.8 Å². The van der Waals surface area contributed by atoms with Gasteiger partial charge in [0.2, 0.25) is 11.8 Å². The molecule has 186 valence electrons. The molecule has 3 aromatic rings. The van der Waals surface area contributed by atoms with Gasteiger partial charge in [0.05, 0.1) is 20.5 Å². The summed E-state index contributed by atoms with van der Waals surface area (Å²) in [5.74, 6) is -3.71. The monoisotopic (exact) mass is 641 g/mol. The number of carbonyl (C=O) groups excluding carboxylic acids is 4. The first-order valence-electron chi connectivity index (χ1n) is 11.6. The van der Waals surface area contributed by atoms with Crippen molar-refractivity contribution in [1.82, 2.24) is 4.90 Å². The van der Waals surface area contributed by atoms with Gasteiger partial charge in [-0.25, -0.2) is 0 Å². The minimum atomic E-state index is -0.934. The van der Waals surface area contributed by atoms with Crippen molar-refractivity contribution in [3.8, 4) is 0 Å². The van der Waals surface area contributed by atoms with Crippen LogP contribution in [-0.2, 0) is 27.8 Å². The Morgan fingerprint density at radius 2 is 1.22 bits per heavy atom. The molecule has 4 aliphatic rings. The third-order valence-corrected chi connectivity index (χ3v) is 10.4. The molecular weight excluding hydrogens is 626 g/mol. The van der Waals surface area contributed by atoms with E-state index in [1.165, 1.54) is 12.1 Å². The van der Waals surface area contributed by atoms with Crippen molar-refractivity contribution in [3.63, 3.8) is 0 Å². The number of likely N-dealkylation sites (tertiary alicyclic amines) is 1. The van der Waals surface area contributed by atoms with E-state index in [2.05, 4.69) is 31.9 Å². The number of rotatable bonds is 5. The SMILES string of the molecule is O=C(CN1C(=O)[C@@H]2[C@H](C1=O)C1(Br)c3ccccc3C2(Br)c2ccccc21)OCC(=O)c1ccc(Cl)cc1. The summed E-state index contributed by atoms with van der Waals surface area (Å²) in [7, 11) is 0. The number of ketones is 1. The van der Waals surface area contributed by atoms with Gasteiger partial charge < -0.3 is 4.74 Å². The molecule has 3 aromatic carbocycles. The summed E-state index contributed by atoms with van der Waals surface area (Å²) in [5, 5.41) is 0.480. The summed E-state index contributed by atoms with van der Waals surface area (Å²) in [6.45, 7) is -1.08. The summed E-state index contributed by atoms with van der Waals surface area (Å²) in [6, 6.07) is 21.7. The van der Waals surface area contributed by atoms with Crippen LogP contribution in [0.1, 0.15) is 32.6 Å². The first-order chi connectivity index (χ1) is 17.7. The predicted octanol–water partition coefficient (Wildman–Crippen LogP) is 4.97. The Kier molecular flexibility index (Phi) is 5.71. The number of carbonyl (C=O) groups is 4. The lowest BCUT2D eigenvalue weighted by Gasteiger charge is -2.55. The van der Waals surface area contributed by atoms with Gasteiger partial charge in [0, 0.05) is 10.6 Å². The maximum atomic E-state index is 13.8. The number of alkyl halides is 2. The van der Waals surface area contributed by atoms with Crippen molar-refractivity contribution in [2.75, 3.05) is 13.2 Å². The van der Waals surface area contributed by atoms with E-state index < -0.39 is 57.2 Å².